The van der Waals surface area contributed by atoms with Crippen molar-refractivity contribution >= 4 is 131 Å². The van der Waals surface area contributed by atoms with E-state index in [1.54, 1.807) is 0 Å². The number of para-hydroxylation sites is 6. The van der Waals surface area contributed by atoms with Crippen molar-refractivity contribution in [3.8, 4) is 63.8 Å². The van der Waals surface area contributed by atoms with Crippen LogP contribution in [0.15, 0.2) is 273 Å². The van der Waals surface area contributed by atoms with Gasteiger partial charge in [-0.05, 0) is 124 Å². The van der Waals surface area contributed by atoms with Crippen LogP contribution >= 0.6 is 0 Å². The van der Waals surface area contributed by atoms with E-state index in [1.165, 1.54) is 0 Å². The lowest BCUT2D eigenvalue weighted by Gasteiger charge is -2.17. The van der Waals surface area contributed by atoms with E-state index in [9.17, 15) is 21.0 Å². The Morgan fingerprint density at radius 3 is 1.32 bits per heavy atom. The highest BCUT2D eigenvalue weighted by Gasteiger charge is 2.27. The molecule has 14 aromatic carbocycles. The Hall–Kier alpha value is -13.4. The maximum absolute atomic E-state index is 11.5. The Morgan fingerprint density at radius 2 is 0.720 bits per heavy atom. The van der Waals surface area contributed by atoms with Crippen LogP contribution < -0.4 is 0 Å². The fourth-order valence-electron chi connectivity index (χ4n) is 15.6. The molecule has 0 atom stereocenters. The first kappa shape index (κ1) is 51.6. The summed E-state index contributed by atoms with van der Waals surface area (Å²) in [5.41, 5.74) is 17.1. The first-order chi connectivity index (χ1) is 46.0. The van der Waals surface area contributed by atoms with Crippen molar-refractivity contribution in [2.45, 2.75) is 0 Å². The van der Waals surface area contributed by atoms with Gasteiger partial charge >= 0.3 is 0 Å². The van der Waals surface area contributed by atoms with Crippen LogP contribution in [-0.2, 0) is 0 Å². The molecule has 0 aliphatic heterocycles. The Labute approximate surface area is 530 Å². The summed E-state index contributed by atoms with van der Waals surface area (Å²) in [5, 5.41) is 59.1. The smallest absolute Gasteiger partial charge is 0.104 e. The molecule has 5 aromatic heterocycles. The lowest BCUT2D eigenvalue weighted by molar-refractivity contribution is 1.11. The molecule has 426 valence electrons. The van der Waals surface area contributed by atoms with Gasteiger partial charge in [-0.25, -0.2) is 0 Å². The van der Waals surface area contributed by atoms with E-state index in [1.807, 2.05) is 66.7 Å². The topological polar surface area (TPSA) is 120 Å². The summed E-state index contributed by atoms with van der Waals surface area (Å²) in [6.45, 7) is 0. The standard InChI is InChI=1S/C84H45N9/c85-46-50-40-79(91-71-26-10-3-18-60(71)61-19-4-11-27-72(61)91)69(49-88)80(41-50)93-76-39-35-55(44-67(76)83-57-17-2-1-16-51(57)34-38-78(83)93)89-75-30-14-8-23-66(75)82-58(24-15-31-77(82)89)52-32-36-59-53(42-52)33-37-65-64-22-7-9-25-70(64)90(84(59)65)56-43-54(47-86)68(48-87)81(45-56)92-73-28-12-5-20-62(73)63-21-6-13-29-74(63)92/h1-45H. The SMILES string of the molecule is N#Cc1cc(-n2c3ccccc3c3ccccc32)c(C#N)c(-n2c3ccc(-n4c5ccccc5c5c(-c6ccc7c(ccc8c9ccccc9n(-c9cc(C#N)c(C#N)c(-n%10c%11ccccc%11c%11ccccc%11%10)c9)c78)c6)cccc54)cc3c3c4ccccc4ccc32)c1. The zero-order chi connectivity index (χ0) is 61.7. The Kier molecular flexibility index (Phi) is 10.8. The molecule has 19 rings (SSSR count). The van der Waals surface area contributed by atoms with Gasteiger partial charge in [-0.1, -0.05) is 176 Å². The van der Waals surface area contributed by atoms with Crippen LogP contribution in [0.5, 0.6) is 0 Å². The summed E-state index contributed by atoms with van der Waals surface area (Å²) >= 11 is 0. The highest BCUT2D eigenvalue weighted by molar-refractivity contribution is 6.24. The summed E-state index contributed by atoms with van der Waals surface area (Å²) in [4.78, 5) is 0. The molecular weight excluding hydrogens is 1130 g/mol. The summed E-state index contributed by atoms with van der Waals surface area (Å²) in [7, 11) is 0. The van der Waals surface area contributed by atoms with Gasteiger partial charge in [0.25, 0.3) is 0 Å². The van der Waals surface area contributed by atoms with E-state index in [2.05, 4.69) is 253 Å². The number of fused-ring (bicyclic) bond motifs is 19. The van der Waals surface area contributed by atoms with Crippen molar-refractivity contribution in [2.75, 3.05) is 0 Å². The van der Waals surface area contributed by atoms with Gasteiger partial charge < -0.3 is 22.8 Å². The van der Waals surface area contributed by atoms with Crippen molar-refractivity contribution in [1.82, 2.24) is 22.8 Å². The van der Waals surface area contributed by atoms with Crippen molar-refractivity contribution in [2.24, 2.45) is 0 Å². The van der Waals surface area contributed by atoms with E-state index in [4.69, 9.17) is 0 Å². The molecule has 5 heterocycles. The minimum atomic E-state index is 0.301. The zero-order valence-electron chi connectivity index (χ0n) is 49.5. The second-order valence-corrected chi connectivity index (χ2v) is 24.0. The molecule has 0 saturated heterocycles. The molecular formula is C84H45N9. The minimum absolute atomic E-state index is 0.301. The van der Waals surface area contributed by atoms with Gasteiger partial charge in [-0.15, -0.1) is 0 Å². The average Bonchev–Trinajstić information content (AvgIpc) is 1.56. The molecule has 0 amide bonds. The maximum atomic E-state index is 11.5. The highest BCUT2D eigenvalue weighted by Crippen LogP contribution is 2.46. The van der Waals surface area contributed by atoms with Crippen LogP contribution in [0.25, 0.3) is 170 Å². The number of nitriles is 4. The van der Waals surface area contributed by atoms with E-state index in [0.717, 1.165) is 153 Å². The van der Waals surface area contributed by atoms with E-state index in [-0.39, 0.29) is 0 Å². The summed E-state index contributed by atoms with van der Waals surface area (Å²) in [5.74, 6) is 0. The van der Waals surface area contributed by atoms with Gasteiger partial charge in [0.1, 0.15) is 23.8 Å². The molecule has 0 unspecified atom stereocenters. The summed E-state index contributed by atoms with van der Waals surface area (Å²) in [6, 6.07) is 105. The second kappa shape index (κ2) is 19.5. The van der Waals surface area contributed by atoms with Gasteiger partial charge in [0.05, 0.1) is 95.0 Å². The molecule has 19 aromatic rings. The normalized spacial score (nSPS) is 11.8. The molecule has 0 aliphatic carbocycles. The number of aromatic nitrogens is 5. The second-order valence-electron chi connectivity index (χ2n) is 24.0. The van der Waals surface area contributed by atoms with Crippen LogP contribution in [0.2, 0.25) is 0 Å². The number of benzene rings is 14. The van der Waals surface area contributed by atoms with Crippen molar-refractivity contribution < 1.29 is 0 Å². The molecule has 0 fully saturated rings. The van der Waals surface area contributed by atoms with Crippen LogP contribution in [0.4, 0.5) is 0 Å². The summed E-state index contributed by atoms with van der Waals surface area (Å²) < 4.78 is 11.1. The Bertz CT molecular complexity index is 6640. The fourth-order valence-corrected chi connectivity index (χ4v) is 15.6. The highest BCUT2D eigenvalue weighted by atomic mass is 15.0. The third-order valence-corrected chi connectivity index (χ3v) is 19.4. The Morgan fingerprint density at radius 1 is 0.247 bits per heavy atom. The van der Waals surface area contributed by atoms with E-state index in [0.29, 0.717) is 39.3 Å². The van der Waals surface area contributed by atoms with Gasteiger partial charge in [0.2, 0.25) is 0 Å². The van der Waals surface area contributed by atoms with Gasteiger partial charge in [-0.2, -0.15) is 21.0 Å². The molecule has 9 nitrogen and oxygen atoms in total. The molecule has 0 saturated carbocycles. The minimum Gasteiger partial charge on any atom is -0.309 e. The largest absolute Gasteiger partial charge is 0.309 e. The van der Waals surface area contributed by atoms with Crippen LogP contribution in [0.3, 0.4) is 0 Å². The zero-order valence-corrected chi connectivity index (χ0v) is 49.5. The predicted octanol–water partition coefficient (Wildman–Crippen LogP) is 20.6. The van der Waals surface area contributed by atoms with Gasteiger partial charge in [0.15, 0.2) is 0 Å². The molecule has 93 heavy (non-hydrogen) atoms. The molecule has 0 aliphatic rings. The number of hydrogen-bond acceptors (Lipinski definition) is 4. The molecule has 9 heteroatoms. The molecule has 0 N–H and O–H groups in total. The van der Waals surface area contributed by atoms with Crippen molar-refractivity contribution in [3.05, 3.63) is 295 Å². The van der Waals surface area contributed by atoms with Gasteiger partial charge in [-0.3, -0.25) is 0 Å². The monoisotopic (exact) mass is 1180 g/mol. The van der Waals surface area contributed by atoms with Crippen LogP contribution in [-0.4, -0.2) is 22.8 Å². The fraction of sp³-hybridized carbons (Fsp3) is 0. The molecule has 0 radical (unpaired) electrons. The number of hydrogen-bond donors (Lipinski definition) is 0. The number of rotatable bonds is 6. The Balaban J connectivity index is 0.803. The van der Waals surface area contributed by atoms with Crippen molar-refractivity contribution in [3.63, 3.8) is 0 Å². The average molecular weight is 1180 g/mol. The first-order valence-corrected chi connectivity index (χ1v) is 30.9. The first-order valence-electron chi connectivity index (χ1n) is 30.9. The molecule has 0 spiro atoms. The van der Waals surface area contributed by atoms with E-state index >= 15 is 0 Å². The predicted molar refractivity (Wildman–Crippen MR) is 377 cm³/mol. The maximum Gasteiger partial charge on any atom is 0.104 e. The number of nitrogens with zero attached hydrogens (tertiary/aromatic N) is 9. The van der Waals surface area contributed by atoms with Crippen LogP contribution in [0, 0.1) is 45.3 Å². The third-order valence-electron chi connectivity index (χ3n) is 19.4. The van der Waals surface area contributed by atoms with Crippen molar-refractivity contribution in [1.29, 1.82) is 21.0 Å². The molecule has 0 bridgehead atoms. The summed E-state index contributed by atoms with van der Waals surface area (Å²) in [6.07, 6.45) is 0. The van der Waals surface area contributed by atoms with E-state index < -0.39 is 0 Å². The third kappa shape index (κ3) is 7.16. The van der Waals surface area contributed by atoms with Crippen LogP contribution in [0.1, 0.15) is 22.3 Å². The quantitative estimate of drug-likeness (QED) is 0.165. The lowest BCUT2D eigenvalue weighted by Crippen LogP contribution is -2.05. The van der Waals surface area contributed by atoms with Gasteiger partial charge in [0, 0.05) is 70.6 Å². The lowest BCUT2D eigenvalue weighted by atomic mass is 9.96.